The summed E-state index contributed by atoms with van der Waals surface area (Å²) in [7, 11) is 0. The maximum absolute atomic E-state index is 13.7. The first-order valence-electron chi connectivity index (χ1n) is 4.90. The molecule has 2 aromatic rings. The summed E-state index contributed by atoms with van der Waals surface area (Å²) >= 11 is 6.80. The van der Waals surface area contributed by atoms with Gasteiger partial charge in [-0.1, -0.05) is 29.4 Å². The molecule has 0 aliphatic rings. The van der Waals surface area contributed by atoms with Crippen LogP contribution in [-0.4, -0.2) is 16.1 Å². The summed E-state index contributed by atoms with van der Waals surface area (Å²) in [5, 5.41) is 9.72. The molecule has 0 aliphatic heterocycles. The Kier molecular flexibility index (Phi) is 3.84. The van der Waals surface area contributed by atoms with Crippen molar-refractivity contribution >= 4 is 29.3 Å². The Morgan fingerprint density at radius 3 is 2.78 bits per heavy atom. The number of aromatic nitrogens is 1. The van der Waals surface area contributed by atoms with Gasteiger partial charge >= 0.3 is 5.97 Å². The van der Waals surface area contributed by atoms with Gasteiger partial charge in [0.05, 0.1) is 15.5 Å². The van der Waals surface area contributed by atoms with Gasteiger partial charge < -0.3 is 5.11 Å². The number of hydrogen-bond donors (Lipinski definition) is 1. The smallest absolute Gasteiger partial charge is 0.336 e. The standard InChI is InChI=1S/C12H7ClFNO2S/c13-8-4-2-6-15-11(8)18-10-7(12(16)17)3-1-5-9(10)14/h1-6H,(H,16,17). The van der Waals surface area contributed by atoms with Crippen LogP contribution < -0.4 is 0 Å². The van der Waals surface area contributed by atoms with E-state index >= 15 is 0 Å². The van der Waals surface area contributed by atoms with Crippen LogP contribution in [0.2, 0.25) is 5.02 Å². The lowest BCUT2D eigenvalue weighted by atomic mass is 10.2. The van der Waals surface area contributed by atoms with Crippen molar-refractivity contribution in [3.05, 3.63) is 52.9 Å². The van der Waals surface area contributed by atoms with E-state index in [1.165, 1.54) is 24.4 Å². The number of nitrogens with zero attached hydrogens (tertiary/aromatic N) is 1. The highest BCUT2D eigenvalue weighted by Gasteiger charge is 2.17. The summed E-state index contributed by atoms with van der Waals surface area (Å²) in [6.45, 7) is 0. The van der Waals surface area contributed by atoms with Crippen LogP contribution >= 0.6 is 23.4 Å². The summed E-state index contributed by atoms with van der Waals surface area (Å²) in [4.78, 5) is 15.0. The summed E-state index contributed by atoms with van der Waals surface area (Å²) in [5.41, 5.74) is -0.110. The van der Waals surface area contributed by atoms with Crippen molar-refractivity contribution in [1.82, 2.24) is 4.98 Å². The van der Waals surface area contributed by atoms with Gasteiger partial charge in [-0.15, -0.1) is 0 Å². The van der Waals surface area contributed by atoms with Crippen molar-refractivity contribution in [3.63, 3.8) is 0 Å². The lowest BCUT2D eigenvalue weighted by molar-refractivity contribution is 0.0692. The molecular weight excluding hydrogens is 277 g/mol. The number of pyridine rings is 1. The first-order valence-corrected chi connectivity index (χ1v) is 6.09. The van der Waals surface area contributed by atoms with E-state index in [0.717, 1.165) is 11.8 Å². The second kappa shape index (κ2) is 5.37. The lowest BCUT2D eigenvalue weighted by Gasteiger charge is -2.07. The van der Waals surface area contributed by atoms with Gasteiger partial charge in [-0.05, 0) is 24.3 Å². The highest BCUT2D eigenvalue weighted by molar-refractivity contribution is 7.99. The molecule has 0 bridgehead atoms. The van der Waals surface area contributed by atoms with E-state index in [1.807, 2.05) is 0 Å². The molecule has 6 heteroatoms. The van der Waals surface area contributed by atoms with Crippen LogP contribution in [0.5, 0.6) is 0 Å². The van der Waals surface area contributed by atoms with E-state index in [9.17, 15) is 9.18 Å². The van der Waals surface area contributed by atoms with Crippen molar-refractivity contribution in [3.8, 4) is 0 Å². The van der Waals surface area contributed by atoms with E-state index in [0.29, 0.717) is 10.0 Å². The topological polar surface area (TPSA) is 50.2 Å². The SMILES string of the molecule is O=C(O)c1cccc(F)c1Sc1ncccc1Cl. The molecule has 0 fully saturated rings. The molecule has 18 heavy (non-hydrogen) atoms. The number of carbonyl (C=O) groups is 1. The van der Waals surface area contributed by atoms with E-state index in [-0.39, 0.29) is 10.5 Å². The average Bonchev–Trinajstić information content (AvgIpc) is 2.34. The molecule has 0 spiro atoms. The zero-order chi connectivity index (χ0) is 13.1. The third-order valence-corrected chi connectivity index (χ3v) is 3.68. The van der Waals surface area contributed by atoms with Gasteiger partial charge in [0, 0.05) is 6.20 Å². The molecule has 0 saturated carbocycles. The summed E-state index contributed by atoms with van der Waals surface area (Å²) in [6, 6.07) is 7.14. The zero-order valence-electron chi connectivity index (χ0n) is 8.93. The Balaban J connectivity index is 2.46. The maximum atomic E-state index is 13.7. The van der Waals surface area contributed by atoms with Crippen molar-refractivity contribution in [2.75, 3.05) is 0 Å². The predicted molar refractivity (Wildman–Crippen MR) is 66.7 cm³/mol. The minimum atomic E-state index is -1.19. The molecule has 1 heterocycles. The Morgan fingerprint density at radius 2 is 2.11 bits per heavy atom. The van der Waals surface area contributed by atoms with Gasteiger partial charge in [-0.3, -0.25) is 0 Å². The maximum Gasteiger partial charge on any atom is 0.336 e. The number of aromatic carboxylic acids is 1. The lowest BCUT2D eigenvalue weighted by Crippen LogP contribution is -2.00. The highest BCUT2D eigenvalue weighted by Crippen LogP contribution is 2.35. The van der Waals surface area contributed by atoms with E-state index in [2.05, 4.69) is 4.98 Å². The van der Waals surface area contributed by atoms with Crippen molar-refractivity contribution in [1.29, 1.82) is 0 Å². The molecular formula is C12H7ClFNO2S. The molecule has 1 aromatic carbocycles. The van der Waals surface area contributed by atoms with Crippen LogP contribution in [0, 0.1) is 5.82 Å². The molecule has 0 aliphatic carbocycles. The van der Waals surface area contributed by atoms with Gasteiger partial charge in [0.2, 0.25) is 0 Å². The molecule has 0 radical (unpaired) electrons. The fraction of sp³-hybridized carbons (Fsp3) is 0. The van der Waals surface area contributed by atoms with E-state index in [4.69, 9.17) is 16.7 Å². The van der Waals surface area contributed by atoms with Crippen molar-refractivity contribution in [2.45, 2.75) is 9.92 Å². The molecule has 1 aromatic heterocycles. The number of hydrogen-bond acceptors (Lipinski definition) is 3. The van der Waals surface area contributed by atoms with Crippen LogP contribution in [0.3, 0.4) is 0 Å². The van der Waals surface area contributed by atoms with Crippen molar-refractivity contribution in [2.24, 2.45) is 0 Å². The minimum Gasteiger partial charge on any atom is -0.478 e. The van der Waals surface area contributed by atoms with Gasteiger partial charge in [0.1, 0.15) is 10.8 Å². The predicted octanol–water partition coefficient (Wildman–Crippen LogP) is 3.72. The quantitative estimate of drug-likeness (QED) is 0.932. The number of carboxylic acid groups (broad SMARTS) is 1. The third kappa shape index (κ3) is 2.63. The summed E-state index contributed by atoms with van der Waals surface area (Å²) in [5.74, 6) is -1.80. The van der Waals surface area contributed by atoms with Gasteiger partial charge in [-0.25, -0.2) is 14.2 Å². The van der Waals surface area contributed by atoms with Gasteiger partial charge in [-0.2, -0.15) is 0 Å². The minimum absolute atomic E-state index is 0.00519. The highest BCUT2D eigenvalue weighted by atomic mass is 35.5. The zero-order valence-corrected chi connectivity index (χ0v) is 10.5. The van der Waals surface area contributed by atoms with Crippen LogP contribution in [-0.2, 0) is 0 Å². The van der Waals surface area contributed by atoms with Crippen molar-refractivity contribution < 1.29 is 14.3 Å². The average molecular weight is 284 g/mol. The van der Waals surface area contributed by atoms with E-state index in [1.54, 1.807) is 12.1 Å². The second-order valence-corrected chi connectivity index (χ2v) is 4.72. The fourth-order valence-electron chi connectivity index (χ4n) is 1.32. The van der Waals surface area contributed by atoms with Crippen LogP contribution in [0.1, 0.15) is 10.4 Å². The monoisotopic (exact) mass is 283 g/mol. The Labute approximate surface area is 112 Å². The first kappa shape index (κ1) is 12.9. The van der Waals surface area contributed by atoms with Crippen LogP contribution in [0.4, 0.5) is 4.39 Å². The van der Waals surface area contributed by atoms with E-state index < -0.39 is 11.8 Å². The Morgan fingerprint density at radius 1 is 1.33 bits per heavy atom. The molecule has 3 nitrogen and oxygen atoms in total. The van der Waals surface area contributed by atoms with Crippen LogP contribution in [0.15, 0.2) is 46.5 Å². The van der Waals surface area contributed by atoms with Gasteiger partial charge in [0.15, 0.2) is 0 Å². The number of rotatable bonds is 3. The Bertz CT molecular complexity index is 606. The molecule has 0 unspecified atom stereocenters. The number of halogens is 2. The fourth-order valence-corrected chi connectivity index (χ4v) is 2.46. The van der Waals surface area contributed by atoms with Gasteiger partial charge in [0.25, 0.3) is 0 Å². The summed E-state index contributed by atoms with van der Waals surface area (Å²) < 4.78 is 13.7. The molecule has 1 N–H and O–H groups in total. The number of carboxylic acids is 1. The normalized spacial score (nSPS) is 10.3. The largest absolute Gasteiger partial charge is 0.478 e. The molecule has 2 rings (SSSR count). The molecule has 0 saturated heterocycles. The Hall–Kier alpha value is -1.59. The first-order chi connectivity index (χ1) is 8.59. The molecule has 0 amide bonds. The number of benzene rings is 1. The molecule has 0 atom stereocenters. The second-order valence-electron chi connectivity index (χ2n) is 3.31. The van der Waals surface area contributed by atoms with Crippen LogP contribution in [0.25, 0.3) is 0 Å². The molecule has 92 valence electrons. The third-order valence-electron chi connectivity index (χ3n) is 2.12. The summed E-state index contributed by atoms with van der Waals surface area (Å²) in [6.07, 6.45) is 1.51.